The van der Waals surface area contributed by atoms with Crippen LogP contribution in [0.3, 0.4) is 0 Å². The molecular formula is C18H22N6O. The highest BCUT2D eigenvalue weighted by Crippen LogP contribution is 2.39. The van der Waals surface area contributed by atoms with Crippen molar-refractivity contribution in [1.82, 2.24) is 20.0 Å². The fourth-order valence-electron chi connectivity index (χ4n) is 3.27. The third kappa shape index (κ3) is 3.64. The van der Waals surface area contributed by atoms with Crippen LogP contribution >= 0.6 is 0 Å². The molecule has 1 aliphatic carbocycles. The highest BCUT2D eigenvalue weighted by molar-refractivity contribution is 5.38. The standard InChI is InChI=1S/C18H22N6O/c1-12(18-22-17(23-25-18)15-3-4-15)24-7-6-14(11-24)10-21-16-5-2-13(8-19)9-20-16/h2,5,9,12,14-15H,3-4,6-7,10-11H2,1H3,(H,20,21). The molecule has 0 aromatic carbocycles. The largest absolute Gasteiger partial charge is 0.370 e. The second-order valence-electron chi connectivity index (χ2n) is 7.02. The summed E-state index contributed by atoms with van der Waals surface area (Å²) in [5.41, 5.74) is 0.580. The van der Waals surface area contributed by atoms with Gasteiger partial charge in [0.25, 0.3) is 0 Å². The van der Waals surface area contributed by atoms with Gasteiger partial charge < -0.3 is 9.84 Å². The van der Waals surface area contributed by atoms with Crippen LogP contribution in [0, 0.1) is 17.2 Å². The Labute approximate surface area is 147 Å². The van der Waals surface area contributed by atoms with E-state index in [2.05, 4.69) is 38.3 Å². The lowest BCUT2D eigenvalue weighted by Crippen LogP contribution is -2.26. The van der Waals surface area contributed by atoms with Crippen LogP contribution in [0.15, 0.2) is 22.9 Å². The Hall–Kier alpha value is -2.46. The van der Waals surface area contributed by atoms with Crippen LogP contribution in [-0.2, 0) is 0 Å². The molecule has 130 valence electrons. The smallest absolute Gasteiger partial charge is 0.243 e. The van der Waals surface area contributed by atoms with E-state index in [1.165, 1.54) is 12.8 Å². The lowest BCUT2D eigenvalue weighted by atomic mass is 10.1. The average Bonchev–Trinajstić information content (AvgIpc) is 3.20. The van der Waals surface area contributed by atoms with Crippen molar-refractivity contribution in [2.75, 3.05) is 25.0 Å². The molecular weight excluding hydrogens is 316 g/mol. The molecule has 2 unspecified atom stereocenters. The first-order valence-electron chi connectivity index (χ1n) is 8.90. The molecule has 0 amide bonds. The Morgan fingerprint density at radius 2 is 2.28 bits per heavy atom. The molecule has 4 rings (SSSR count). The van der Waals surface area contributed by atoms with Gasteiger partial charge in [0, 0.05) is 25.2 Å². The third-order valence-corrected chi connectivity index (χ3v) is 5.09. The van der Waals surface area contributed by atoms with E-state index in [1.54, 1.807) is 12.3 Å². The number of hydrogen-bond donors (Lipinski definition) is 1. The fraction of sp³-hybridized carbons (Fsp3) is 0.556. The zero-order chi connectivity index (χ0) is 17.2. The summed E-state index contributed by atoms with van der Waals surface area (Å²) in [4.78, 5) is 11.2. The summed E-state index contributed by atoms with van der Waals surface area (Å²) < 4.78 is 5.47. The Bertz CT molecular complexity index is 761. The van der Waals surface area contributed by atoms with Crippen LogP contribution < -0.4 is 5.32 Å². The summed E-state index contributed by atoms with van der Waals surface area (Å²) in [6.07, 6.45) is 5.11. The molecule has 2 aliphatic rings. The Balaban J connectivity index is 1.28. The number of nitrogens with one attached hydrogen (secondary N) is 1. The second kappa shape index (κ2) is 6.81. The average molecular weight is 338 g/mol. The van der Waals surface area contributed by atoms with E-state index in [0.29, 0.717) is 17.4 Å². The summed E-state index contributed by atoms with van der Waals surface area (Å²) in [5, 5.41) is 16.3. The number of nitriles is 1. The maximum atomic E-state index is 8.81. The molecule has 0 radical (unpaired) electrons. The van der Waals surface area contributed by atoms with Gasteiger partial charge >= 0.3 is 0 Å². The van der Waals surface area contributed by atoms with Gasteiger partial charge in [0.15, 0.2) is 5.82 Å². The van der Waals surface area contributed by atoms with Crippen LogP contribution in [0.1, 0.15) is 55.4 Å². The van der Waals surface area contributed by atoms with Gasteiger partial charge in [0.1, 0.15) is 11.9 Å². The van der Waals surface area contributed by atoms with E-state index in [4.69, 9.17) is 9.78 Å². The molecule has 2 aromatic rings. The molecule has 1 aliphatic heterocycles. The number of nitrogens with zero attached hydrogens (tertiary/aromatic N) is 5. The third-order valence-electron chi connectivity index (χ3n) is 5.09. The maximum Gasteiger partial charge on any atom is 0.243 e. The normalized spacial score (nSPS) is 21.8. The zero-order valence-electron chi connectivity index (χ0n) is 14.4. The summed E-state index contributed by atoms with van der Waals surface area (Å²) in [5.74, 6) is 3.53. The van der Waals surface area contributed by atoms with Crippen molar-refractivity contribution < 1.29 is 4.52 Å². The monoisotopic (exact) mass is 338 g/mol. The van der Waals surface area contributed by atoms with Gasteiger partial charge in [0.05, 0.1) is 11.6 Å². The first-order valence-corrected chi connectivity index (χ1v) is 8.90. The van der Waals surface area contributed by atoms with Crippen molar-refractivity contribution in [2.24, 2.45) is 5.92 Å². The van der Waals surface area contributed by atoms with E-state index in [1.807, 2.05) is 6.07 Å². The number of rotatable bonds is 6. The van der Waals surface area contributed by atoms with Crippen molar-refractivity contribution in [2.45, 2.75) is 38.1 Å². The summed E-state index contributed by atoms with van der Waals surface area (Å²) in [6.45, 7) is 5.06. The first-order chi connectivity index (χ1) is 12.2. The van der Waals surface area contributed by atoms with Crippen LogP contribution in [0.2, 0.25) is 0 Å². The van der Waals surface area contributed by atoms with Crippen molar-refractivity contribution in [3.05, 3.63) is 35.6 Å². The van der Waals surface area contributed by atoms with Gasteiger partial charge in [-0.2, -0.15) is 10.2 Å². The SMILES string of the molecule is CC(c1nc(C2CC2)no1)N1CCC(CNc2ccc(C#N)cn2)C1. The van der Waals surface area contributed by atoms with Gasteiger partial charge in [-0.1, -0.05) is 5.16 Å². The Kier molecular flexibility index (Phi) is 4.36. The molecule has 1 saturated carbocycles. The molecule has 0 spiro atoms. The highest BCUT2D eigenvalue weighted by atomic mass is 16.5. The van der Waals surface area contributed by atoms with E-state index in [-0.39, 0.29) is 6.04 Å². The molecule has 1 saturated heterocycles. The van der Waals surface area contributed by atoms with Crippen molar-refractivity contribution in [1.29, 1.82) is 5.26 Å². The van der Waals surface area contributed by atoms with E-state index in [9.17, 15) is 0 Å². The number of likely N-dealkylation sites (tertiary alicyclic amines) is 1. The van der Waals surface area contributed by atoms with Crippen LogP contribution in [-0.4, -0.2) is 39.7 Å². The quantitative estimate of drug-likeness (QED) is 0.866. The van der Waals surface area contributed by atoms with Gasteiger partial charge in [0.2, 0.25) is 5.89 Å². The molecule has 2 atom stereocenters. The van der Waals surface area contributed by atoms with E-state index < -0.39 is 0 Å². The van der Waals surface area contributed by atoms with Crippen LogP contribution in [0.5, 0.6) is 0 Å². The van der Waals surface area contributed by atoms with Crippen LogP contribution in [0.4, 0.5) is 5.82 Å². The number of pyridine rings is 1. The van der Waals surface area contributed by atoms with E-state index in [0.717, 1.165) is 43.6 Å². The fourth-order valence-corrected chi connectivity index (χ4v) is 3.27. The molecule has 1 N–H and O–H groups in total. The topological polar surface area (TPSA) is 90.9 Å². The van der Waals surface area contributed by atoms with Gasteiger partial charge in [-0.15, -0.1) is 0 Å². The predicted molar refractivity (Wildman–Crippen MR) is 91.8 cm³/mol. The lowest BCUT2D eigenvalue weighted by molar-refractivity contribution is 0.203. The van der Waals surface area contributed by atoms with Gasteiger partial charge in [-0.3, -0.25) is 4.90 Å². The summed E-state index contributed by atoms with van der Waals surface area (Å²) in [6, 6.07) is 5.88. The summed E-state index contributed by atoms with van der Waals surface area (Å²) >= 11 is 0. The van der Waals surface area contributed by atoms with Crippen LogP contribution in [0.25, 0.3) is 0 Å². The maximum absolute atomic E-state index is 8.81. The van der Waals surface area contributed by atoms with E-state index >= 15 is 0 Å². The second-order valence-corrected chi connectivity index (χ2v) is 7.02. The van der Waals surface area contributed by atoms with Gasteiger partial charge in [-0.05, 0) is 50.8 Å². The molecule has 7 heteroatoms. The minimum atomic E-state index is 0.165. The Morgan fingerprint density at radius 1 is 1.40 bits per heavy atom. The minimum Gasteiger partial charge on any atom is -0.370 e. The number of hydrogen-bond acceptors (Lipinski definition) is 7. The molecule has 2 aromatic heterocycles. The number of aromatic nitrogens is 3. The zero-order valence-corrected chi connectivity index (χ0v) is 14.4. The molecule has 0 bridgehead atoms. The van der Waals surface area contributed by atoms with Crippen molar-refractivity contribution >= 4 is 5.82 Å². The van der Waals surface area contributed by atoms with Crippen molar-refractivity contribution in [3.63, 3.8) is 0 Å². The highest BCUT2D eigenvalue weighted by Gasteiger charge is 2.32. The van der Waals surface area contributed by atoms with Gasteiger partial charge in [-0.25, -0.2) is 4.98 Å². The first kappa shape index (κ1) is 16.0. The molecule has 7 nitrogen and oxygen atoms in total. The molecule has 25 heavy (non-hydrogen) atoms. The molecule has 3 heterocycles. The Morgan fingerprint density at radius 3 is 3.00 bits per heavy atom. The minimum absolute atomic E-state index is 0.165. The predicted octanol–water partition coefficient (Wildman–Crippen LogP) is 2.71. The lowest BCUT2D eigenvalue weighted by Gasteiger charge is -2.21. The van der Waals surface area contributed by atoms with Crippen molar-refractivity contribution in [3.8, 4) is 6.07 Å². The number of anilines is 1. The summed E-state index contributed by atoms with van der Waals surface area (Å²) in [7, 11) is 0. The molecule has 2 fully saturated rings.